The van der Waals surface area contributed by atoms with E-state index in [9.17, 15) is 4.79 Å². The Labute approximate surface area is 141 Å². The molecule has 0 spiro atoms. The van der Waals surface area contributed by atoms with E-state index >= 15 is 0 Å². The first-order chi connectivity index (χ1) is 9.22. The number of nitrogens with two attached hydrogens (primary N) is 1. The molecule has 1 aromatic rings. The summed E-state index contributed by atoms with van der Waals surface area (Å²) in [6.07, 6.45) is 5.66. The van der Waals surface area contributed by atoms with Crippen LogP contribution in [-0.2, 0) is 11.2 Å². The lowest BCUT2D eigenvalue weighted by Gasteiger charge is -2.05. The molecule has 20 heavy (non-hydrogen) atoms. The topological polar surface area (TPSA) is 55.1 Å². The summed E-state index contributed by atoms with van der Waals surface area (Å²) in [6.45, 7) is 1.46. The fourth-order valence-corrected chi connectivity index (χ4v) is 2.21. The second-order valence-corrected chi connectivity index (χ2v) is 5.92. The Hall–Kier alpha value is -0.330. The van der Waals surface area contributed by atoms with Gasteiger partial charge in [-0.2, -0.15) is 0 Å². The van der Waals surface area contributed by atoms with E-state index in [1.165, 1.54) is 9.13 Å². The zero-order valence-corrected chi connectivity index (χ0v) is 14.7. The minimum absolute atomic E-state index is 0. The van der Waals surface area contributed by atoms with Crippen LogP contribution in [0, 0.1) is 3.57 Å². The fourth-order valence-electron chi connectivity index (χ4n) is 1.85. The van der Waals surface area contributed by atoms with Crippen molar-refractivity contribution in [3.8, 4) is 0 Å². The molecule has 0 atom stereocenters. The molecule has 3 N–H and O–H groups in total. The number of nitrogens with one attached hydrogen (secondary N) is 1. The van der Waals surface area contributed by atoms with Gasteiger partial charge in [-0.15, -0.1) is 12.4 Å². The summed E-state index contributed by atoms with van der Waals surface area (Å²) in [4.78, 5) is 11.5. The molecule has 0 unspecified atom stereocenters. The Morgan fingerprint density at radius 3 is 2.45 bits per heavy atom. The number of aryl methyl sites for hydroxylation is 1. The van der Waals surface area contributed by atoms with E-state index in [0.29, 0.717) is 13.0 Å². The molecule has 5 heteroatoms. The molecule has 0 aliphatic carbocycles. The largest absolute Gasteiger partial charge is 0.356 e. The molecule has 0 saturated carbocycles. The molecule has 0 aliphatic heterocycles. The zero-order valence-electron chi connectivity index (χ0n) is 11.7. The first-order valence-electron chi connectivity index (χ1n) is 6.93. The number of unbranched alkanes of at least 4 members (excludes halogenated alkanes) is 2. The Bertz CT molecular complexity index is 371. The van der Waals surface area contributed by atoms with Gasteiger partial charge in [0, 0.05) is 16.5 Å². The number of halogens is 2. The number of hydrogen-bond donors (Lipinski definition) is 2. The maximum absolute atomic E-state index is 11.5. The molecule has 1 aromatic carbocycles. The van der Waals surface area contributed by atoms with Gasteiger partial charge in [0.25, 0.3) is 0 Å². The standard InChI is InChI=1S/C15H23IN2O.ClH/c16-14-9-7-13(8-10-14)5-1-2-6-15(19)18-12-4-3-11-17;/h7-10H,1-6,11-12,17H2,(H,18,19);1H. The van der Waals surface area contributed by atoms with Crippen molar-refractivity contribution in [1.82, 2.24) is 5.32 Å². The van der Waals surface area contributed by atoms with Crippen molar-refractivity contribution in [2.24, 2.45) is 5.73 Å². The Kier molecular flexibility index (Phi) is 12.2. The number of carbonyl (C=O) groups is 1. The Balaban J connectivity index is 0.00000361. The quantitative estimate of drug-likeness (QED) is 0.485. The smallest absolute Gasteiger partial charge is 0.219 e. The lowest BCUT2D eigenvalue weighted by Crippen LogP contribution is -2.24. The number of hydrogen-bond acceptors (Lipinski definition) is 2. The first-order valence-corrected chi connectivity index (χ1v) is 8.01. The highest BCUT2D eigenvalue weighted by molar-refractivity contribution is 14.1. The van der Waals surface area contributed by atoms with Crippen LogP contribution in [0.25, 0.3) is 0 Å². The van der Waals surface area contributed by atoms with Crippen LogP contribution >= 0.6 is 35.0 Å². The molecule has 1 rings (SSSR count). The minimum Gasteiger partial charge on any atom is -0.356 e. The van der Waals surface area contributed by atoms with Crippen molar-refractivity contribution < 1.29 is 4.79 Å². The summed E-state index contributed by atoms with van der Waals surface area (Å²) < 4.78 is 1.26. The molecule has 0 aliphatic rings. The first kappa shape index (κ1) is 19.7. The Morgan fingerprint density at radius 1 is 1.10 bits per heavy atom. The number of amides is 1. The SMILES string of the molecule is Cl.NCCCCNC(=O)CCCCc1ccc(I)cc1. The predicted molar refractivity (Wildman–Crippen MR) is 95.3 cm³/mol. The molecule has 0 radical (unpaired) electrons. The molecule has 114 valence electrons. The normalized spacial score (nSPS) is 9.90. The van der Waals surface area contributed by atoms with Gasteiger partial charge >= 0.3 is 0 Å². The molecular formula is C15H24ClIN2O. The van der Waals surface area contributed by atoms with Crippen LogP contribution in [0.2, 0.25) is 0 Å². The van der Waals surface area contributed by atoms with Crippen molar-refractivity contribution in [3.05, 3.63) is 33.4 Å². The molecule has 0 heterocycles. The highest BCUT2D eigenvalue weighted by Gasteiger charge is 2.00. The van der Waals surface area contributed by atoms with Crippen LogP contribution in [-0.4, -0.2) is 19.0 Å². The van der Waals surface area contributed by atoms with Crippen LogP contribution in [0.5, 0.6) is 0 Å². The summed E-state index contributed by atoms with van der Waals surface area (Å²) in [7, 11) is 0. The van der Waals surface area contributed by atoms with Crippen molar-refractivity contribution in [2.45, 2.75) is 38.5 Å². The van der Waals surface area contributed by atoms with Gasteiger partial charge in [-0.25, -0.2) is 0 Å². The number of carbonyl (C=O) groups excluding carboxylic acids is 1. The van der Waals surface area contributed by atoms with Gasteiger partial charge in [0.15, 0.2) is 0 Å². The fraction of sp³-hybridized carbons (Fsp3) is 0.533. The molecule has 3 nitrogen and oxygen atoms in total. The maximum Gasteiger partial charge on any atom is 0.219 e. The van der Waals surface area contributed by atoms with Crippen LogP contribution < -0.4 is 11.1 Å². The summed E-state index contributed by atoms with van der Waals surface area (Å²) >= 11 is 2.31. The van der Waals surface area contributed by atoms with Crippen LogP contribution in [0.15, 0.2) is 24.3 Å². The van der Waals surface area contributed by atoms with Crippen molar-refractivity contribution in [2.75, 3.05) is 13.1 Å². The van der Waals surface area contributed by atoms with Crippen LogP contribution in [0.1, 0.15) is 37.7 Å². The maximum atomic E-state index is 11.5. The van der Waals surface area contributed by atoms with Gasteiger partial charge in [0.05, 0.1) is 0 Å². The molecule has 1 amide bonds. The van der Waals surface area contributed by atoms with Gasteiger partial charge in [0.2, 0.25) is 5.91 Å². The van der Waals surface area contributed by atoms with E-state index in [2.05, 4.69) is 52.2 Å². The molecule has 0 aromatic heterocycles. The highest BCUT2D eigenvalue weighted by Crippen LogP contribution is 2.10. The van der Waals surface area contributed by atoms with Crippen molar-refractivity contribution in [3.63, 3.8) is 0 Å². The van der Waals surface area contributed by atoms with Gasteiger partial charge in [-0.05, 0) is 78.9 Å². The monoisotopic (exact) mass is 410 g/mol. The summed E-state index contributed by atoms with van der Waals surface area (Å²) in [5.74, 6) is 0.166. The molecular weight excluding hydrogens is 387 g/mol. The summed E-state index contributed by atoms with van der Waals surface area (Å²) in [5.41, 5.74) is 6.75. The average molecular weight is 411 g/mol. The van der Waals surface area contributed by atoms with E-state index in [0.717, 1.165) is 38.6 Å². The third-order valence-electron chi connectivity index (χ3n) is 2.99. The summed E-state index contributed by atoms with van der Waals surface area (Å²) in [6, 6.07) is 8.57. The van der Waals surface area contributed by atoms with Crippen LogP contribution in [0.3, 0.4) is 0 Å². The van der Waals surface area contributed by atoms with Gasteiger partial charge in [-0.1, -0.05) is 12.1 Å². The molecule has 0 fully saturated rings. The molecule has 0 bridgehead atoms. The lowest BCUT2D eigenvalue weighted by molar-refractivity contribution is -0.121. The third kappa shape index (κ3) is 9.55. The minimum atomic E-state index is 0. The lowest BCUT2D eigenvalue weighted by atomic mass is 10.1. The zero-order chi connectivity index (χ0) is 13.9. The van der Waals surface area contributed by atoms with Gasteiger partial charge in [-0.3, -0.25) is 4.79 Å². The second kappa shape index (κ2) is 12.4. The van der Waals surface area contributed by atoms with E-state index in [-0.39, 0.29) is 18.3 Å². The third-order valence-corrected chi connectivity index (χ3v) is 3.70. The highest BCUT2D eigenvalue weighted by atomic mass is 127. The molecule has 0 saturated heterocycles. The van der Waals surface area contributed by atoms with Gasteiger partial charge < -0.3 is 11.1 Å². The average Bonchev–Trinajstić information content (AvgIpc) is 2.42. The van der Waals surface area contributed by atoms with Crippen molar-refractivity contribution in [1.29, 1.82) is 0 Å². The number of benzene rings is 1. The van der Waals surface area contributed by atoms with E-state index in [4.69, 9.17) is 5.73 Å². The Morgan fingerprint density at radius 2 is 1.80 bits per heavy atom. The van der Waals surface area contributed by atoms with E-state index in [1.54, 1.807) is 0 Å². The summed E-state index contributed by atoms with van der Waals surface area (Å²) in [5, 5.41) is 2.93. The number of rotatable bonds is 9. The van der Waals surface area contributed by atoms with Gasteiger partial charge in [0.1, 0.15) is 0 Å². The van der Waals surface area contributed by atoms with Crippen molar-refractivity contribution >= 4 is 40.9 Å². The van der Waals surface area contributed by atoms with E-state index < -0.39 is 0 Å². The second-order valence-electron chi connectivity index (χ2n) is 4.68. The predicted octanol–water partition coefficient (Wildman–Crippen LogP) is 3.28. The van der Waals surface area contributed by atoms with Crippen LogP contribution in [0.4, 0.5) is 0 Å². The van der Waals surface area contributed by atoms with E-state index in [1.807, 2.05) is 0 Å².